The molecule has 0 aromatic heterocycles. The summed E-state index contributed by atoms with van der Waals surface area (Å²) >= 11 is 5.97. The van der Waals surface area contributed by atoms with Crippen molar-refractivity contribution in [3.8, 4) is 11.5 Å². The highest BCUT2D eigenvalue weighted by atomic mass is 35.5. The molecule has 1 heterocycles. The quantitative estimate of drug-likeness (QED) is 0.115. The van der Waals surface area contributed by atoms with Gasteiger partial charge in [0.1, 0.15) is 18.0 Å². The summed E-state index contributed by atoms with van der Waals surface area (Å²) in [6, 6.07) is 17.5. The van der Waals surface area contributed by atoms with Gasteiger partial charge in [0.2, 0.25) is 0 Å². The van der Waals surface area contributed by atoms with E-state index >= 15 is 0 Å². The van der Waals surface area contributed by atoms with Crippen molar-refractivity contribution in [3.05, 3.63) is 111 Å². The van der Waals surface area contributed by atoms with Crippen LogP contribution in [0.4, 0.5) is 5.69 Å². The van der Waals surface area contributed by atoms with Crippen LogP contribution in [0.3, 0.4) is 0 Å². The highest BCUT2D eigenvalue weighted by Crippen LogP contribution is 2.39. The van der Waals surface area contributed by atoms with Crippen molar-refractivity contribution in [1.29, 1.82) is 0 Å². The predicted molar refractivity (Wildman–Crippen MR) is 148 cm³/mol. The molecule has 11 heteroatoms. The molecule has 1 fully saturated rings. The summed E-state index contributed by atoms with van der Waals surface area (Å²) in [6.45, 7) is 1.29. The van der Waals surface area contributed by atoms with Crippen LogP contribution < -0.4 is 4.74 Å². The van der Waals surface area contributed by atoms with Crippen LogP contribution in [0.15, 0.2) is 84.9 Å². The molecule has 1 saturated heterocycles. The van der Waals surface area contributed by atoms with Crippen LogP contribution in [0, 0.1) is 27.9 Å². The van der Waals surface area contributed by atoms with Gasteiger partial charge in [0.25, 0.3) is 23.4 Å². The van der Waals surface area contributed by atoms with E-state index in [9.17, 15) is 29.3 Å². The van der Waals surface area contributed by atoms with Gasteiger partial charge in [-0.2, -0.15) is 5.01 Å². The molecule has 0 spiro atoms. The summed E-state index contributed by atoms with van der Waals surface area (Å²) < 4.78 is 5.70. The largest absolute Gasteiger partial charge is 0.457 e. The Kier molecular flexibility index (Phi) is 7.67. The van der Waals surface area contributed by atoms with E-state index in [1.807, 2.05) is 19.1 Å². The molecule has 10 nitrogen and oxygen atoms in total. The van der Waals surface area contributed by atoms with Crippen molar-refractivity contribution in [3.63, 3.8) is 0 Å². The van der Waals surface area contributed by atoms with Crippen molar-refractivity contribution in [2.24, 2.45) is 17.8 Å². The molecule has 1 aliphatic heterocycles. The molecule has 41 heavy (non-hydrogen) atoms. The zero-order valence-corrected chi connectivity index (χ0v) is 22.6. The molecule has 0 saturated carbocycles. The molecule has 0 unspecified atom stereocenters. The van der Waals surface area contributed by atoms with Gasteiger partial charge in [0.05, 0.1) is 16.8 Å². The van der Waals surface area contributed by atoms with E-state index < -0.39 is 46.8 Å². The molecule has 0 radical (unpaired) electrons. The van der Waals surface area contributed by atoms with Crippen LogP contribution in [-0.4, -0.2) is 45.0 Å². The number of ether oxygens (including phenoxy) is 1. The first-order chi connectivity index (χ1) is 19.6. The van der Waals surface area contributed by atoms with Crippen molar-refractivity contribution in [1.82, 2.24) is 10.0 Å². The first kappa shape index (κ1) is 27.7. The average Bonchev–Trinajstić information content (AvgIpc) is 3.22. The standard InChI is InChI=1S/C30H24ClN3O7/c1-18-3-2-4-25-27(18)30(38)33(29(25)37)32(28(36)20-5-9-21(31)10-6-20)17-26(35)19-7-13-23(14-8-19)41-24-15-11-22(12-16-24)34(39)40/h2-3,5-16,18,25,27H,4,17H2,1H3/t18-,25+,27+/m1/s1. The van der Waals surface area contributed by atoms with Crippen molar-refractivity contribution in [2.45, 2.75) is 13.3 Å². The molecule has 208 valence electrons. The monoisotopic (exact) mass is 573 g/mol. The minimum Gasteiger partial charge on any atom is -0.457 e. The second-order valence-electron chi connectivity index (χ2n) is 9.81. The highest BCUT2D eigenvalue weighted by molar-refractivity contribution is 6.30. The van der Waals surface area contributed by atoms with E-state index in [4.69, 9.17) is 16.3 Å². The molecule has 3 aromatic carbocycles. The van der Waals surface area contributed by atoms with Gasteiger partial charge in [0.15, 0.2) is 5.78 Å². The Morgan fingerprint density at radius 3 is 2.12 bits per heavy atom. The second kappa shape index (κ2) is 11.3. The van der Waals surface area contributed by atoms with Crippen LogP contribution in [0.1, 0.15) is 34.1 Å². The number of halogens is 1. The lowest BCUT2D eigenvalue weighted by molar-refractivity contribution is -0.384. The normalized spacial score (nSPS) is 19.6. The number of carbonyl (C=O) groups excluding carboxylic acids is 4. The number of hydrogen-bond donors (Lipinski definition) is 0. The Morgan fingerprint density at radius 1 is 0.951 bits per heavy atom. The molecule has 3 atom stereocenters. The second-order valence-corrected chi connectivity index (χ2v) is 10.3. The number of fused-ring (bicyclic) bond motifs is 1. The molecule has 3 aromatic rings. The Hall–Kier alpha value is -4.83. The maximum absolute atomic E-state index is 13.6. The van der Waals surface area contributed by atoms with Crippen LogP contribution in [0.2, 0.25) is 5.02 Å². The van der Waals surface area contributed by atoms with E-state index in [1.165, 1.54) is 72.8 Å². The first-order valence-electron chi connectivity index (χ1n) is 12.8. The number of hydrazine groups is 1. The number of ketones is 1. The van der Waals surface area contributed by atoms with Gasteiger partial charge >= 0.3 is 0 Å². The maximum Gasteiger partial charge on any atom is 0.273 e. The summed E-state index contributed by atoms with van der Waals surface area (Å²) in [7, 11) is 0. The Bertz CT molecular complexity index is 1550. The summed E-state index contributed by atoms with van der Waals surface area (Å²) in [5.74, 6) is -2.89. The van der Waals surface area contributed by atoms with Gasteiger partial charge in [-0.05, 0) is 73.0 Å². The number of non-ortho nitro benzene ring substituents is 1. The number of carbonyl (C=O) groups is 4. The van der Waals surface area contributed by atoms with Gasteiger partial charge in [-0.25, -0.2) is 5.01 Å². The third-order valence-corrected chi connectivity index (χ3v) is 7.42. The third kappa shape index (κ3) is 5.59. The maximum atomic E-state index is 13.6. The minimum atomic E-state index is -0.686. The topological polar surface area (TPSA) is 127 Å². The van der Waals surface area contributed by atoms with Crippen LogP contribution >= 0.6 is 11.6 Å². The fraction of sp³-hybridized carbons (Fsp3) is 0.200. The number of nitro groups is 1. The molecule has 3 amide bonds. The minimum absolute atomic E-state index is 0.0732. The van der Waals surface area contributed by atoms with E-state index in [-0.39, 0.29) is 22.7 Å². The Labute approximate surface area is 239 Å². The molecule has 2 aliphatic rings. The number of Topliss-reactive ketones (excluding diaryl/α,β-unsaturated/α-hetero) is 1. The number of imide groups is 1. The Morgan fingerprint density at radius 2 is 1.54 bits per heavy atom. The fourth-order valence-electron chi connectivity index (χ4n) is 5.05. The Balaban J connectivity index is 1.38. The lowest BCUT2D eigenvalue weighted by Crippen LogP contribution is -2.52. The van der Waals surface area contributed by atoms with Gasteiger partial charge in [0, 0.05) is 28.3 Å². The average molecular weight is 574 g/mol. The van der Waals surface area contributed by atoms with E-state index in [0.29, 0.717) is 22.9 Å². The smallest absolute Gasteiger partial charge is 0.273 e. The van der Waals surface area contributed by atoms with Gasteiger partial charge in [-0.15, -0.1) is 0 Å². The van der Waals surface area contributed by atoms with E-state index in [1.54, 1.807) is 0 Å². The van der Waals surface area contributed by atoms with Crippen LogP contribution in [-0.2, 0) is 9.59 Å². The predicted octanol–water partition coefficient (Wildman–Crippen LogP) is 5.48. The van der Waals surface area contributed by atoms with Crippen LogP contribution in [0.5, 0.6) is 11.5 Å². The van der Waals surface area contributed by atoms with E-state index in [0.717, 1.165) is 10.0 Å². The summed E-state index contributed by atoms with van der Waals surface area (Å²) in [5.41, 5.74) is 0.313. The lowest BCUT2D eigenvalue weighted by Gasteiger charge is -2.30. The van der Waals surface area contributed by atoms with Gasteiger partial charge in [-0.3, -0.25) is 29.3 Å². The number of amides is 3. The zero-order chi connectivity index (χ0) is 29.3. The van der Waals surface area contributed by atoms with Crippen LogP contribution in [0.25, 0.3) is 0 Å². The third-order valence-electron chi connectivity index (χ3n) is 7.17. The number of nitro benzene ring substituents is 1. The summed E-state index contributed by atoms with van der Waals surface area (Å²) in [6.07, 6.45) is 4.12. The van der Waals surface area contributed by atoms with Gasteiger partial charge < -0.3 is 4.74 Å². The number of nitrogens with zero attached hydrogens (tertiary/aromatic N) is 3. The van der Waals surface area contributed by atoms with Crippen molar-refractivity contribution >= 4 is 40.8 Å². The lowest BCUT2D eigenvalue weighted by atomic mass is 9.78. The molecule has 1 aliphatic carbocycles. The number of rotatable bonds is 8. The number of allylic oxidation sites excluding steroid dienone is 2. The molecular formula is C30H24ClN3O7. The number of hydrogen-bond acceptors (Lipinski definition) is 7. The molecule has 5 rings (SSSR count). The molecular weight excluding hydrogens is 550 g/mol. The van der Waals surface area contributed by atoms with Crippen molar-refractivity contribution in [2.75, 3.05) is 6.54 Å². The first-order valence-corrected chi connectivity index (χ1v) is 13.2. The SMILES string of the molecule is C[C@@H]1C=CC[C@@H]2C(=O)N(N(CC(=O)c3ccc(Oc4ccc([N+](=O)[O-])cc4)cc3)C(=O)c3ccc(Cl)cc3)C(=O)[C@@H]12. The number of benzene rings is 3. The van der Waals surface area contributed by atoms with Gasteiger partial charge in [-0.1, -0.05) is 30.7 Å². The molecule has 0 bridgehead atoms. The molecule has 0 N–H and O–H groups in total. The fourth-order valence-corrected chi connectivity index (χ4v) is 5.18. The van der Waals surface area contributed by atoms with Crippen molar-refractivity contribution < 1.29 is 28.8 Å². The highest BCUT2D eigenvalue weighted by Gasteiger charge is 2.53. The zero-order valence-electron chi connectivity index (χ0n) is 21.8. The van der Waals surface area contributed by atoms with E-state index in [2.05, 4.69) is 0 Å². The summed E-state index contributed by atoms with van der Waals surface area (Å²) in [5, 5.41) is 13.0. The summed E-state index contributed by atoms with van der Waals surface area (Å²) in [4.78, 5) is 64.2.